The van der Waals surface area contributed by atoms with Crippen molar-refractivity contribution in [2.24, 2.45) is 0 Å². The predicted octanol–water partition coefficient (Wildman–Crippen LogP) is 4.34. The summed E-state index contributed by atoms with van der Waals surface area (Å²) in [5, 5.41) is 3.62. The van der Waals surface area contributed by atoms with Crippen molar-refractivity contribution < 1.29 is 13.9 Å². The number of aromatic nitrogens is 1. The number of benzene rings is 2. The van der Waals surface area contributed by atoms with Gasteiger partial charge in [-0.1, -0.05) is 29.8 Å². The van der Waals surface area contributed by atoms with Crippen molar-refractivity contribution in [1.29, 1.82) is 0 Å². The first kappa shape index (κ1) is 21.1. The van der Waals surface area contributed by atoms with Gasteiger partial charge in [-0.15, -0.1) is 0 Å². The number of methoxy groups -OCH3 is 1. The third-order valence-corrected chi connectivity index (χ3v) is 5.76. The number of rotatable bonds is 5. The van der Waals surface area contributed by atoms with Gasteiger partial charge >= 0.3 is 6.03 Å². The summed E-state index contributed by atoms with van der Waals surface area (Å²) in [6.45, 7) is 4.99. The molecule has 0 radical (unpaired) electrons. The van der Waals surface area contributed by atoms with E-state index in [0.29, 0.717) is 36.3 Å². The summed E-state index contributed by atoms with van der Waals surface area (Å²) in [5.41, 5.74) is 2.82. The minimum Gasteiger partial charge on any atom is -0.496 e. The number of halogens is 1. The van der Waals surface area contributed by atoms with E-state index in [4.69, 9.17) is 20.8 Å². The molecule has 0 saturated carbocycles. The molecule has 1 aromatic heterocycles. The van der Waals surface area contributed by atoms with Gasteiger partial charge in [0.05, 0.1) is 18.9 Å². The Morgan fingerprint density at radius 2 is 1.97 bits per heavy atom. The number of nitrogens with zero attached hydrogens (tertiary/aromatic N) is 3. The highest BCUT2D eigenvalue weighted by molar-refractivity contribution is 6.31. The minimum atomic E-state index is -0.0758. The molecule has 162 valence electrons. The fourth-order valence-electron chi connectivity index (χ4n) is 3.66. The molecule has 0 bridgehead atoms. The van der Waals surface area contributed by atoms with E-state index in [1.54, 1.807) is 13.3 Å². The highest BCUT2D eigenvalue weighted by Crippen LogP contribution is 2.34. The van der Waals surface area contributed by atoms with E-state index in [2.05, 4.69) is 15.2 Å². The van der Waals surface area contributed by atoms with E-state index in [-0.39, 0.29) is 6.03 Å². The zero-order chi connectivity index (χ0) is 21.8. The molecule has 7 nitrogen and oxygen atoms in total. The summed E-state index contributed by atoms with van der Waals surface area (Å²) >= 11 is 6.17. The molecule has 1 N–H and O–H groups in total. The third kappa shape index (κ3) is 4.77. The van der Waals surface area contributed by atoms with Gasteiger partial charge in [-0.2, -0.15) is 0 Å². The number of carbonyl (C=O) groups is 1. The second-order valence-electron chi connectivity index (χ2n) is 7.35. The monoisotopic (exact) mass is 440 g/mol. The van der Waals surface area contributed by atoms with Gasteiger partial charge in [0.1, 0.15) is 5.75 Å². The third-order valence-electron chi connectivity index (χ3n) is 5.39. The molecule has 0 spiro atoms. The molecular formula is C23H25ClN4O3. The maximum Gasteiger partial charge on any atom is 0.317 e. The number of anilines is 1. The molecule has 2 aromatic carbocycles. The zero-order valence-electron chi connectivity index (χ0n) is 17.6. The average molecular weight is 441 g/mol. The van der Waals surface area contributed by atoms with Crippen molar-refractivity contribution in [2.75, 3.05) is 38.2 Å². The number of hydrogen-bond donors (Lipinski definition) is 1. The predicted molar refractivity (Wildman–Crippen MR) is 121 cm³/mol. The van der Waals surface area contributed by atoms with Gasteiger partial charge in [0.2, 0.25) is 0 Å². The number of hydrogen-bond acceptors (Lipinski definition) is 5. The van der Waals surface area contributed by atoms with E-state index in [1.807, 2.05) is 54.3 Å². The summed E-state index contributed by atoms with van der Waals surface area (Å²) < 4.78 is 11.2. The summed E-state index contributed by atoms with van der Waals surface area (Å²) in [6, 6.07) is 13.5. The SMILES string of the molecule is COc1cc(N2CCN(C(=O)NCc3ccccc3Cl)CC2)ccc1-c1cnc(C)o1. The lowest BCUT2D eigenvalue weighted by molar-refractivity contribution is 0.194. The fraction of sp³-hybridized carbons (Fsp3) is 0.304. The quantitative estimate of drug-likeness (QED) is 0.638. The molecule has 3 aromatic rings. The smallest absolute Gasteiger partial charge is 0.317 e. The Kier molecular flexibility index (Phi) is 6.32. The normalized spacial score (nSPS) is 13.9. The van der Waals surface area contributed by atoms with Crippen LogP contribution >= 0.6 is 11.6 Å². The second-order valence-corrected chi connectivity index (χ2v) is 7.76. The number of aryl methyl sites for hydroxylation is 1. The molecule has 0 aliphatic carbocycles. The van der Waals surface area contributed by atoms with E-state index >= 15 is 0 Å². The van der Waals surface area contributed by atoms with Gasteiger partial charge in [-0.25, -0.2) is 9.78 Å². The number of nitrogens with one attached hydrogen (secondary N) is 1. The molecule has 8 heteroatoms. The van der Waals surface area contributed by atoms with E-state index in [0.717, 1.165) is 35.7 Å². The first-order valence-electron chi connectivity index (χ1n) is 10.2. The van der Waals surface area contributed by atoms with Gasteiger partial charge in [0, 0.05) is 56.4 Å². The fourth-order valence-corrected chi connectivity index (χ4v) is 3.86. The van der Waals surface area contributed by atoms with Crippen molar-refractivity contribution in [3.8, 4) is 17.1 Å². The molecule has 31 heavy (non-hydrogen) atoms. The lowest BCUT2D eigenvalue weighted by Crippen LogP contribution is -2.51. The van der Waals surface area contributed by atoms with Gasteiger partial charge in [0.15, 0.2) is 11.7 Å². The van der Waals surface area contributed by atoms with Crippen molar-refractivity contribution in [3.05, 3.63) is 65.1 Å². The maximum atomic E-state index is 12.5. The molecule has 1 fully saturated rings. The molecule has 0 atom stereocenters. The molecule has 2 heterocycles. The molecule has 4 rings (SSSR count). The Morgan fingerprint density at radius 3 is 2.65 bits per heavy atom. The van der Waals surface area contributed by atoms with Gasteiger partial charge in [0.25, 0.3) is 0 Å². The number of piperazine rings is 1. The number of carbonyl (C=O) groups excluding carboxylic acids is 1. The molecule has 0 unspecified atom stereocenters. The van der Waals surface area contributed by atoms with Crippen molar-refractivity contribution in [1.82, 2.24) is 15.2 Å². The topological polar surface area (TPSA) is 70.8 Å². The van der Waals surface area contributed by atoms with Crippen LogP contribution in [-0.4, -0.2) is 49.2 Å². The number of oxazole rings is 1. The van der Waals surface area contributed by atoms with Crippen molar-refractivity contribution in [3.63, 3.8) is 0 Å². The Labute approximate surface area is 186 Å². The van der Waals surface area contributed by atoms with Crippen LogP contribution in [0.25, 0.3) is 11.3 Å². The summed E-state index contributed by atoms with van der Waals surface area (Å²) in [7, 11) is 1.65. The van der Waals surface area contributed by atoms with Crippen LogP contribution in [0.4, 0.5) is 10.5 Å². The van der Waals surface area contributed by atoms with Crippen LogP contribution in [0.15, 0.2) is 53.1 Å². The lowest BCUT2D eigenvalue weighted by Gasteiger charge is -2.36. The molecule has 1 aliphatic heterocycles. The Balaban J connectivity index is 1.36. The van der Waals surface area contributed by atoms with Crippen LogP contribution in [0.1, 0.15) is 11.5 Å². The lowest BCUT2D eigenvalue weighted by atomic mass is 10.1. The van der Waals surface area contributed by atoms with E-state index in [1.165, 1.54) is 0 Å². The molecular weight excluding hydrogens is 416 g/mol. The zero-order valence-corrected chi connectivity index (χ0v) is 18.4. The molecule has 1 saturated heterocycles. The highest BCUT2D eigenvalue weighted by atomic mass is 35.5. The summed E-state index contributed by atoms with van der Waals surface area (Å²) in [4.78, 5) is 20.8. The van der Waals surface area contributed by atoms with Crippen LogP contribution in [-0.2, 0) is 6.54 Å². The number of ether oxygens (including phenoxy) is 1. The second kappa shape index (κ2) is 9.31. The standard InChI is InChI=1S/C23H25ClN4O3/c1-16-25-15-22(31-16)19-8-7-18(13-21(19)30-2)27-9-11-28(12-10-27)23(29)26-14-17-5-3-4-6-20(17)24/h3-8,13,15H,9-12,14H2,1-2H3,(H,26,29). The summed E-state index contributed by atoms with van der Waals surface area (Å²) in [6.07, 6.45) is 1.70. The van der Waals surface area contributed by atoms with Crippen molar-refractivity contribution >= 4 is 23.3 Å². The van der Waals surface area contributed by atoms with Crippen molar-refractivity contribution in [2.45, 2.75) is 13.5 Å². The Morgan fingerprint density at radius 1 is 1.19 bits per heavy atom. The molecule has 2 amide bonds. The van der Waals surface area contributed by atoms with Gasteiger partial charge in [-0.3, -0.25) is 0 Å². The average Bonchev–Trinajstić information content (AvgIpc) is 3.24. The van der Waals surface area contributed by atoms with Crippen LogP contribution in [0.2, 0.25) is 5.02 Å². The van der Waals surface area contributed by atoms with E-state index < -0.39 is 0 Å². The summed E-state index contributed by atoms with van der Waals surface area (Å²) in [5.74, 6) is 2.03. The van der Waals surface area contributed by atoms with Crippen LogP contribution in [0.3, 0.4) is 0 Å². The van der Waals surface area contributed by atoms with Crippen LogP contribution in [0, 0.1) is 6.92 Å². The number of urea groups is 1. The Bertz CT molecular complexity index is 1060. The van der Waals surface area contributed by atoms with Crippen LogP contribution < -0.4 is 15.0 Å². The Hall–Kier alpha value is -3.19. The van der Waals surface area contributed by atoms with E-state index in [9.17, 15) is 4.79 Å². The first-order chi connectivity index (χ1) is 15.0. The maximum absolute atomic E-state index is 12.5. The van der Waals surface area contributed by atoms with Crippen LogP contribution in [0.5, 0.6) is 5.75 Å². The van der Waals surface area contributed by atoms with Gasteiger partial charge < -0.3 is 24.3 Å². The molecule has 1 aliphatic rings. The van der Waals surface area contributed by atoms with Gasteiger partial charge in [-0.05, 0) is 23.8 Å². The number of amides is 2. The largest absolute Gasteiger partial charge is 0.496 e. The first-order valence-corrected chi connectivity index (χ1v) is 10.5. The minimum absolute atomic E-state index is 0.0758. The highest BCUT2D eigenvalue weighted by Gasteiger charge is 2.22.